The third kappa shape index (κ3) is 9.73. The zero-order valence-electron chi connectivity index (χ0n) is 18.4. The van der Waals surface area contributed by atoms with Crippen LogP contribution in [-0.2, 0) is 31.9 Å². The Morgan fingerprint density at radius 2 is 1.33 bits per heavy atom. The van der Waals surface area contributed by atoms with Gasteiger partial charge in [0.15, 0.2) is 0 Å². The quantitative estimate of drug-likeness (QED) is 0.432. The molecule has 0 saturated carbocycles. The van der Waals surface area contributed by atoms with E-state index in [2.05, 4.69) is 6.92 Å². The monoisotopic (exact) mass is 410 g/mol. The van der Waals surface area contributed by atoms with Crippen LogP contribution in [-0.4, -0.2) is 24.1 Å². The van der Waals surface area contributed by atoms with Gasteiger partial charge >= 0.3 is 11.9 Å². The van der Waals surface area contributed by atoms with Crippen LogP contribution >= 0.6 is 0 Å². The standard InChI is InChI=1S/C26H34O4/c1-21(18-19-29-24(27)16-14-22-10-6-4-7-11-22)20-26(2,3)30-25(28)17-15-23-12-8-5-9-13-23/h4-13,21H,14-20H2,1-3H3. The molecule has 1 atom stereocenters. The number of carbonyl (C=O) groups excluding carboxylic acids is 2. The van der Waals surface area contributed by atoms with Gasteiger partial charge < -0.3 is 9.47 Å². The highest BCUT2D eigenvalue weighted by Gasteiger charge is 2.25. The second-order valence-electron chi connectivity index (χ2n) is 8.52. The Kier molecular flexibility index (Phi) is 9.59. The van der Waals surface area contributed by atoms with Crippen LogP contribution in [0.15, 0.2) is 60.7 Å². The Morgan fingerprint density at radius 1 is 0.833 bits per heavy atom. The Hall–Kier alpha value is -2.62. The van der Waals surface area contributed by atoms with E-state index in [4.69, 9.17) is 9.47 Å². The number of hydrogen-bond donors (Lipinski definition) is 0. The molecule has 0 aliphatic rings. The molecular formula is C26H34O4. The Balaban J connectivity index is 1.61. The smallest absolute Gasteiger partial charge is 0.306 e. The Labute approximate surface area is 180 Å². The van der Waals surface area contributed by atoms with Crippen molar-refractivity contribution in [1.82, 2.24) is 0 Å². The third-order valence-electron chi connectivity index (χ3n) is 5.03. The summed E-state index contributed by atoms with van der Waals surface area (Å²) in [5.74, 6) is -0.0649. The highest BCUT2D eigenvalue weighted by atomic mass is 16.6. The van der Waals surface area contributed by atoms with Crippen molar-refractivity contribution < 1.29 is 19.1 Å². The first-order chi connectivity index (χ1) is 14.3. The Bertz CT molecular complexity index is 768. The number of aryl methyl sites for hydroxylation is 2. The minimum Gasteiger partial charge on any atom is -0.466 e. The normalized spacial score (nSPS) is 12.2. The van der Waals surface area contributed by atoms with E-state index in [1.807, 2.05) is 74.5 Å². The highest BCUT2D eigenvalue weighted by Crippen LogP contribution is 2.23. The fraction of sp³-hybridized carbons (Fsp3) is 0.462. The lowest BCUT2D eigenvalue weighted by atomic mass is 9.92. The average Bonchev–Trinajstić information content (AvgIpc) is 2.71. The van der Waals surface area contributed by atoms with Gasteiger partial charge in [-0.1, -0.05) is 67.6 Å². The van der Waals surface area contributed by atoms with E-state index >= 15 is 0 Å². The topological polar surface area (TPSA) is 52.6 Å². The summed E-state index contributed by atoms with van der Waals surface area (Å²) in [6.45, 7) is 6.37. The summed E-state index contributed by atoms with van der Waals surface area (Å²) in [5, 5.41) is 0. The van der Waals surface area contributed by atoms with Crippen LogP contribution in [0.25, 0.3) is 0 Å². The molecule has 0 aromatic heterocycles. The van der Waals surface area contributed by atoms with Gasteiger partial charge in [-0.2, -0.15) is 0 Å². The van der Waals surface area contributed by atoms with E-state index in [1.54, 1.807) is 0 Å². The Morgan fingerprint density at radius 3 is 1.87 bits per heavy atom. The third-order valence-corrected chi connectivity index (χ3v) is 5.03. The largest absolute Gasteiger partial charge is 0.466 e. The molecule has 162 valence electrons. The lowest BCUT2D eigenvalue weighted by molar-refractivity contribution is -0.157. The molecule has 0 heterocycles. The SMILES string of the molecule is CC(CCOC(=O)CCc1ccccc1)CC(C)(C)OC(=O)CCc1ccccc1. The van der Waals surface area contributed by atoms with Crippen molar-refractivity contribution in [3.05, 3.63) is 71.8 Å². The van der Waals surface area contributed by atoms with Crippen molar-refractivity contribution in [2.45, 2.75) is 64.9 Å². The zero-order valence-corrected chi connectivity index (χ0v) is 18.4. The second-order valence-corrected chi connectivity index (χ2v) is 8.52. The summed E-state index contributed by atoms with van der Waals surface area (Å²) < 4.78 is 11.1. The van der Waals surface area contributed by atoms with E-state index in [9.17, 15) is 9.59 Å². The van der Waals surface area contributed by atoms with Gasteiger partial charge in [-0.25, -0.2) is 0 Å². The second kappa shape index (κ2) is 12.2. The number of carbonyl (C=O) groups is 2. The van der Waals surface area contributed by atoms with Crippen LogP contribution in [0.3, 0.4) is 0 Å². The molecule has 0 radical (unpaired) electrons. The molecule has 0 N–H and O–H groups in total. The van der Waals surface area contributed by atoms with E-state index in [0.717, 1.165) is 24.0 Å². The van der Waals surface area contributed by atoms with Crippen molar-refractivity contribution in [2.75, 3.05) is 6.61 Å². The van der Waals surface area contributed by atoms with Crippen LogP contribution in [0.1, 0.15) is 57.6 Å². The predicted octanol–water partition coefficient (Wildman–Crippen LogP) is 5.53. The molecule has 0 amide bonds. The van der Waals surface area contributed by atoms with Gasteiger partial charge in [-0.3, -0.25) is 9.59 Å². The fourth-order valence-electron chi connectivity index (χ4n) is 3.57. The molecule has 1 unspecified atom stereocenters. The first-order valence-electron chi connectivity index (χ1n) is 10.8. The van der Waals surface area contributed by atoms with Gasteiger partial charge in [0.1, 0.15) is 5.60 Å². The molecule has 0 fully saturated rings. The fourth-order valence-corrected chi connectivity index (χ4v) is 3.57. The summed E-state index contributed by atoms with van der Waals surface area (Å²) in [4.78, 5) is 24.1. The molecule has 0 aliphatic heterocycles. The van der Waals surface area contributed by atoms with Gasteiger partial charge in [-0.15, -0.1) is 0 Å². The van der Waals surface area contributed by atoms with Gasteiger partial charge in [0, 0.05) is 12.8 Å². The van der Waals surface area contributed by atoms with Crippen molar-refractivity contribution in [2.24, 2.45) is 5.92 Å². The summed E-state index contributed by atoms with van der Waals surface area (Å²) >= 11 is 0. The summed E-state index contributed by atoms with van der Waals surface area (Å²) in [6.07, 6.45) is 3.63. The van der Waals surface area contributed by atoms with Crippen LogP contribution in [0.4, 0.5) is 0 Å². The van der Waals surface area contributed by atoms with Crippen molar-refractivity contribution >= 4 is 11.9 Å². The minimum absolute atomic E-state index is 0.169. The predicted molar refractivity (Wildman–Crippen MR) is 119 cm³/mol. The molecule has 2 aromatic rings. The first kappa shape index (κ1) is 23.7. The van der Waals surface area contributed by atoms with E-state index in [1.165, 1.54) is 0 Å². The molecular weight excluding hydrogens is 376 g/mol. The molecule has 0 saturated heterocycles. The summed E-state index contributed by atoms with van der Waals surface area (Å²) in [5.41, 5.74) is 1.73. The van der Waals surface area contributed by atoms with Crippen LogP contribution < -0.4 is 0 Å². The van der Waals surface area contributed by atoms with Crippen molar-refractivity contribution in [3.8, 4) is 0 Å². The minimum atomic E-state index is -0.537. The molecule has 2 rings (SSSR count). The molecule has 0 aliphatic carbocycles. The molecule has 30 heavy (non-hydrogen) atoms. The van der Waals surface area contributed by atoms with Crippen molar-refractivity contribution in [3.63, 3.8) is 0 Å². The zero-order chi connectivity index (χ0) is 21.8. The van der Waals surface area contributed by atoms with Gasteiger partial charge in [0.05, 0.1) is 6.61 Å². The number of ether oxygens (including phenoxy) is 2. The number of esters is 2. The highest BCUT2D eigenvalue weighted by molar-refractivity contribution is 5.70. The van der Waals surface area contributed by atoms with Crippen molar-refractivity contribution in [1.29, 1.82) is 0 Å². The van der Waals surface area contributed by atoms with E-state index in [-0.39, 0.29) is 17.9 Å². The molecule has 4 heteroatoms. The van der Waals surface area contributed by atoms with Gasteiger partial charge in [0.25, 0.3) is 0 Å². The maximum absolute atomic E-state index is 12.2. The summed E-state index contributed by atoms with van der Waals surface area (Å²) in [7, 11) is 0. The van der Waals surface area contributed by atoms with Crippen LogP contribution in [0.2, 0.25) is 0 Å². The van der Waals surface area contributed by atoms with Crippen LogP contribution in [0.5, 0.6) is 0 Å². The lowest BCUT2D eigenvalue weighted by Gasteiger charge is -2.28. The van der Waals surface area contributed by atoms with Gasteiger partial charge in [0.2, 0.25) is 0 Å². The maximum Gasteiger partial charge on any atom is 0.306 e. The van der Waals surface area contributed by atoms with Gasteiger partial charge in [-0.05, 0) is 56.6 Å². The molecule has 0 bridgehead atoms. The van der Waals surface area contributed by atoms with E-state index < -0.39 is 5.60 Å². The van der Waals surface area contributed by atoms with Crippen LogP contribution in [0, 0.1) is 5.92 Å². The first-order valence-corrected chi connectivity index (χ1v) is 10.8. The number of rotatable bonds is 12. The summed E-state index contributed by atoms with van der Waals surface area (Å²) in [6, 6.07) is 19.9. The average molecular weight is 411 g/mol. The lowest BCUT2D eigenvalue weighted by Crippen LogP contribution is -2.30. The van der Waals surface area contributed by atoms with E-state index in [0.29, 0.717) is 32.3 Å². The molecule has 0 spiro atoms. The molecule has 4 nitrogen and oxygen atoms in total. The maximum atomic E-state index is 12.2. The number of benzene rings is 2. The number of hydrogen-bond acceptors (Lipinski definition) is 4. The molecule has 2 aromatic carbocycles.